The van der Waals surface area contributed by atoms with Crippen LogP contribution in [0, 0.1) is 18.3 Å². The summed E-state index contributed by atoms with van der Waals surface area (Å²) in [7, 11) is 0. The molecule has 0 aliphatic carbocycles. The average molecular weight is 319 g/mol. The Morgan fingerprint density at radius 1 is 1.33 bits per heavy atom. The third-order valence-corrected chi connectivity index (χ3v) is 4.03. The van der Waals surface area contributed by atoms with E-state index in [1.165, 1.54) is 11.6 Å². The molecule has 5 heteroatoms. The van der Waals surface area contributed by atoms with Gasteiger partial charge in [0.15, 0.2) is 0 Å². The number of anilines is 2. The lowest BCUT2D eigenvalue weighted by atomic mass is 10.1. The van der Waals surface area contributed by atoms with Crippen LogP contribution in [0.15, 0.2) is 54.2 Å². The first-order valence-electron chi connectivity index (χ1n) is 7.66. The van der Waals surface area contributed by atoms with Gasteiger partial charge in [-0.25, -0.2) is 0 Å². The van der Waals surface area contributed by atoms with Gasteiger partial charge in [0.05, 0.1) is 0 Å². The normalized spacial score (nSPS) is 13.3. The van der Waals surface area contributed by atoms with Crippen molar-refractivity contribution in [1.82, 2.24) is 0 Å². The van der Waals surface area contributed by atoms with Crippen molar-refractivity contribution < 1.29 is 9.90 Å². The second kappa shape index (κ2) is 6.47. The van der Waals surface area contributed by atoms with Crippen LogP contribution < -0.4 is 10.2 Å². The second-order valence-corrected chi connectivity index (χ2v) is 5.68. The number of hydrogen-bond donors (Lipinski definition) is 2. The minimum Gasteiger partial charge on any atom is -0.508 e. The van der Waals surface area contributed by atoms with Gasteiger partial charge in [0, 0.05) is 24.1 Å². The fraction of sp³-hybridized carbons (Fsp3) is 0.158. The van der Waals surface area contributed by atoms with E-state index in [1.54, 1.807) is 25.3 Å². The van der Waals surface area contributed by atoms with Crippen LogP contribution in [0.4, 0.5) is 11.4 Å². The molecule has 0 spiro atoms. The minimum absolute atomic E-state index is 0.0409. The van der Waals surface area contributed by atoms with E-state index in [1.807, 2.05) is 29.2 Å². The molecule has 0 bridgehead atoms. The van der Waals surface area contributed by atoms with Gasteiger partial charge in [-0.1, -0.05) is 18.2 Å². The number of fused-ring (bicyclic) bond motifs is 1. The van der Waals surface area contributed by atoms with Crippen LogP contribution >= 0.6 is 0 Å². The summed E-state index contributed by atoms with van der Waals surface area (Å²) in [5, 5.41) is 21.5. The fourth-order valence-electron chi connectivity index (χ4n) is 2.77. The molecule has 2 aromatic rings. The summed E-state index contributed by atoms with van der Waals surface area (Å²) in [6.45, 7) is 2.53. The summed E-state index contributed by atoms with van der Waals surface area (Å²) in [5.41, 5.74) is 3.58. The van der Waals surface area contributed by atoms with Crippen molar-refractivity contribution in [3.63, 3.8) is 0 Å². The maximum Gasteiger partial charge on any atom is 0.267 e. The summed E-state index contributed by atoms with van der Waals surface area (Å²) >= 11 is 0. The minimum atomic E-state index is -0.462. The quantitative estimate of drug-likeness (QED) is 0.518. The molecule has 3 rings (SSSR count). The Balaban J connectivity index is 1.81. The molecule has 0 atom stereocenters. The van der Waals surface area contributed by atoms with E-state index in [2.05, 4.69) is 11.4 Å². The van der Waals surface area contributed by atoms with Gasteiger partial charge in [-0.3, -0.25) is 4.79 Å². The molecule has 0 saturated carbocycles. The first-order valence-corrected chi connectivity index (χ1v) is 7.66. The Kier molecular flexibility index (Phi) is 4.21. The van der Waals surface area contributed by atoms with Gasteiger partial charge in [0.2, 0.25) is 0 Å². The number of nitrogens with zero attached hydrogens (tertiary/aromatic N) is 2. The highest BCUT2D eigenvalue weighted by atomic mass is 16.3. The van der Waals surface area contributed by atoms with Crippen molar-refractivity contribution in [3.05, 3.63) is 65.4 Å². The van der Waals surface area contributed by atoms with Gasteiger partial charge in [-0.15, -0.1) is 0 Å². The van der Waals surface area contributed by atoms with Gasteiger partial charge < -0.3 is 15.3 Å². The SMILES string of the molecule is Cc1cc(O)ccc1NC(=O)/C(C#N)=C\N1CCc2ccccc21. The molecule has 0 unspecified atom stereocenters. The molecule has 5 nitrogen and oxygen atoms in total. The number of benzene rings is 2. The zero-order chi connectivity index (χ0) is 17.1. The zero-order valence-corrected chi connectivity index (χ0v) is 13.3. The Morgan fingerprint density at radius 3 is 2.88 bits per heavy atom. The van der Waals surface area contributed by atoms with Crippen molar-refractivity contribution >= 4 is 17.3 Å². The van der Waals surface area contributed by atoms with Crippen molar-refractivity contribution in [2.45, 2.75) is 13.3 Å². The lowest BCUT2D eigenvalue weighted by Crippen LogP contribution is -2.19. The maximum atomic E-state index is 12.4. The number of carbonyl (C=O) groups is 1. The summed E-state index contributed by atoms with van der Waals surface area (Å²) in [6, 6.07) is 14.6. The fourth-order valence-corrected chi connectivity index (χ4v) is 2.77. The van der Waals surface area contributed by atoms with Gasteiger partial charge in [-0.2, -0.15) is 5.26 Å². The van der Waals surface area contributed by atoms with Crippen molar-refractivity contribution in [1.29, 1.82) is 5.26 Å². The number of aromatic hydroxyl groups is 1. The zero-order valence-electron chi connectivity index (χ0n) is 13.3. The monoisotopic (exact) mass is 319 g/mol. The molecule has 120 valence electrons. The Bertz CT molecular complexity index is 865. The number of carbonyl (C=O) groups excluding carboxylic acids is 1. The van der Waals surface area contributed by atoms with Crippen LogP contribution in [0.25, 0.3) is 0 Å². The molecule has 24 heavy (non-hydrogen) atoms. The number of amides is 1. The molecule has 1 aliphatic heterocycles. The van der Waals surface area contributed by atoms with Crippen LogP contribution in [0.1, 0.15) is 11.1 Å². The topological polar surface area (TPSA) is 76.4 Å². The van der Waals surface area contributed by atoms with E-state index >= 15 is 0 Å². The first-order chi connectivity index (χ1) is 11.6. The lowest BCUT2D eigenvalue weighted by Gasteiger charge is -2.15. The summed E-state index contributed by atoms with van der Waals surface area (Å²) in [6.07, 6.45) is 2.49. The number of nitrogens with one attached hydrogen (secondary N) is 1. The first kappa shape index (κ1) is 15.6. The summed E-state index contributed by atoms with van der Waals surface area (Å²) in [5.74, 6) is -0.328. The summed E-state index contributed by atoms with van der Waals surface area (Å²) in [4.78, 5) is 14.3. The van der Waals surface area contributed by atoms with Gasteiger partial charge in [0.1, 0.15) is 17.4 Å². The number of phenolic OH excluding ortho intramolecular Hbond substituents is 1. The smallest absolute Gasteiger partial charge is 0.267 e. The second-order valence-electron chi connectivity index (χ2n) is 5.68. The number of aryl methyl sites for hydroxylation is 1. The van der Waals surface area contributed by atoms with Crippen LogP contribution in [0.3, 0.4) is 0 Å². The molecule has 2 aromatic carbocycles. The van der Waals surface area contributed by atoms with Gasteiger partial charge in [-0.05, 0) is 48.7 Å². The molecule has 1 heterocycles. The average Bonchev–Trinajstić information content (AvgIpc) is 2.98. The van der Waals surface area contributed by atoms with E-state index in [-0.39, 0.29) is 11.3 Å². The molecule has 0 aromatic heterocycles. The highest BCUT2D eigenvalue weighted by molar-refractivity contribution is 6.07. The predicted molar refractivity (Wildman–Crippen MR) is 92.7 cm³/mol. The molecule has 0 radical (unpaired) electrons. The highest BCUT2D eigenvalue weighted by Gasteiger charge is 2.19. The predicted octanol–water partition coefficient (Wildman–Crippen LogP) is 3.11. The van der Waals surface area contributed by atoms with E-state index in [0.717, 1.165) is 24.2 Å². The van der Waals surface area contributed by atoms with Crippen LogP contribution in [-0.2, 0) is 11.2 Å². The van der Waals surface area contributed by atoms with E-state index in [0.29, 0.717) is 5.69 Å². The number of phenols is 1. The highest BCUT2D eigenvalue weighted by Crippen LogP contribution is 2.28. The standard InChI is InChI=1S/C19H17N3O2/c1-13-10-16(23)6-7-17(13)21-19(24)15(11-20)12-22-9-8-14-4-2-3-5-18(14)22/h2-7,10,12,23H,8-9H2,1H3,(H,21,24)/b15-12-. The molecule has 1 amide bonds. The molecular weight excluding hydrogens is 302 g/mol. The Hall–Kier alpha value is -3.26. The molecule has 0 fully saturated rings. The number of hydrogen-bond acceptors (Lipinski definition) is 4. The van der Waals surface area contributed by atoms with E-state index in [4.69, 9.17) is 0 Å². The van der Waals surface area contributed by atoms with Gasteiger partial charge in [0.25, 0.3) is 5.91 Å². The molecule has 2 N–H and O–H groups in total. The Labute approximate surface area is 140 Å². The molecular formula is C19H17N3O2. The van der Waals surface area contributed by atoms with Gasteiger partial charge >= 0.3 is 0 Å². The number of nitriles is 1. The van der Waals surface area contributed by atoms with Crippen LogP contribution in [-0.4, -0.2) is 17.6 Å². The number of para-hydroxylation sites is 1. The van der Waals surface area contributed by atoms with Crippen molar-refractivity contribution in [3.8, 4) is 11.8 Å². The third kappa shape index (κ3) is 3.08. The molecule has 1 aliphatic rings. The largest absolute Gasteiger partial charge is 0.508 e. The third-order valence-electron chi connectivity index (χ3n) is 4.03. The molecule has 0 saturated heterocycles. The van der Waals surface area contributed by atoms with Crippen molar-refractivity contribution in [2.24, 2.45) is 0 Å². The summed E-state index contributed by atoms with van der Waals surface area (Å²) < 4.78 is 0. The van der Waals surface area contributed by atoms with Crippen LogP contribution in [0.5, 0.6) is 5.75 Å². The lowest BCUT2D eigenvalue weighted by molar-refractivity contribution is -0.112. The Morgan fingerprint density at radius 2 is 2.12 bits per heavy atom. The van der Waals surface area contributed by atoms with Crippen LogP contribution in [0.2, 0.25) is 0 Å². The van der Waals surface area contributed by atoms with E-state index in [9.17, 15) is 15.2 Å². The maximum absolute atomic E-state index is 12.4. The van der Waals surface area contributed by atoms with E-state index < -0.39 is 5.91 Å². The van der Waals surface area contributed by atoms with Crippen molar-refractivity contribution in [2.75, 3.05) is 16.8 Å². The number of rotatable bonds is 3.